The predicted octanol–water partition coefficient (Wildman–Crippen LogP) is 0.884. The van der Waals surface area contributed by atoms with Gasteiger partial charge in [0.2, 0.25) is 5.91 Å². The second kappa shape index (κ2) is 5.19. The summed E-state index contributed by atoms with van der Waals surface area (Å²) in [5, 5.41) is 9.61. The lowest BCUT2D eigenvalue weighted by Crippen LogP contribution is -2.46. The van der Waals surface area contributed by atoms with E-state index >= 15 is 0 Å². The lowest BCUT2D eigenvalue weighted by atomic mass is 10.0. The van der Waals surface area contributed by atoms with Crippen LogP contribution in [-0.4, -0.2) is 35.0 Å². The van der Waals surface area contributed by atoms with Crippen LogP contribution in [-0.2, 0) is 11.2 Å². The van der Waals surface area contributed by atoms with Crippen molar-refractivity contribution in [3.8, 4) is 5.75 Å². The zero-order valence-electron chi connectivity index (χ0n) is 9.80. The van der Waals surface area contributed by atoms with Crippen molar-refractivity contribution in [3.05, 3.63) is 29.8 Å². The molecule has 1 aromatic carbocycles. The van der Waals surface area contributed by atoms with Gasteiger partial charge in [-0.3, -0.25) is 4.79 Å². The van der Waals surface area contributed by atoms with Crippen molar-refractivity contribution in [2.24, 2.45) is 5.73 Å². The van der Waals surface area contributed by atoms with Gasteiger partial charge >= 0.3 is 0 Å². The molecule has 4 nitrogen and oxygen atoms in total. The number of phenols is 1. The number of phenolic OH excluding ortho intramolecular Hbond substituents is 1. The van der Waals surface area contributed by atoms with Gasteiger partial charge in [-0.2, -0.15) is 0 Å². The molecule has 1 unspecified atom stereocenters. The van der Waals surface area contributed by atoms with Crippen molar-refractivity contribution in [2.75, 3.05) is 13.1 Å². The molecule has 0 bridgehead atoms. The highest BCUT2D eigenvalue weighted by molar-refractivity contribution is 5.79. The number of likely N-dealkylation sites (tertiary alicyclic amines) is 1. The van der Waals surface area contributed by atoms with Crippen LogP contribution in [0.3, 0.4) is 0 Å². The normalized spacial score (nSPS) is 20.3. The van der Waals surface area contributed by atoms with Crippen molar-refractivity contribution < 1.29 is 9.90 Å². The van der Waals surface area contributed by atoms with Gasteiger partial charge in [0.1, 0.15) is 5.75 Å². The molecule has 0 spiro atoms. The third-order valence-electron chi connectivity index (χ3n) is 3.14. The minimum Gasteiger partial charge on any atom is -0.508 e. The molecule has 1 fully saturated rings. The van der Waals surface area contributed by atoms with E-state index < -0.39 is 0 Å². The van der Waals surface area contributed by atoms with E-state index in [0.29, 0.717) is 12.1 Å². The number of nitrogens with two attached hydrogens (primary N) is 1. The zero-order valence-corrected chi connectivity index (χ0v) is 9.80. The summed E-state index contributed by atoms with van der Waals surface area (Å²) in [4.78, 5) is 13.8. The summed E-state index contributed by atoms with van der Waals surface area (Å²) >= 11 is 0. The summed E-state index contributed by atoms with van der Waals surface area (Å²) in [6.45, 7) is 1.41. The number of rotatable bonds is 2. The Bertz CT molecular complexity index is 406. The predicted molar refractivity (Wildman–Crippen MR) is 65.6 cm³/mol. The number of piperidine rings is 1. The summed E-state index contributed by atoms with van der Waals surface area (Å²) in [6.07, 6.45) is 2.20. The maximum atomic E-state index is 12.0. The molecule has 1 heterocycles. The van der Waals surface area contributed by atoms with Gasteiger partial charge in [-0.15, -0.1) is 0 Å². The van der Waals surface area contributed by atoms with Crippen molar-refractivity contribution in [1.29, 1.82) is 0 Å². The maximum absolute atomic E-state index is 12.0. The Labute approximate surface area is 101 Å². The molecular formula is C13H18N2O2. The van der Waals surface area contributed by atoms with E-state index in [2.05, 4.69) is 0 Å². The van der Waals surface area contributed by atoms with Gasteiger partial charge in [-0.25, -0.2) is 0 Å². The minimum absolute atomic E-state index is 0.0432. The smallest absolute Gasteiger partial charge is 0.227 e. The first-order valence-electron chi connectivity index (χ1n) is 5.97. The molecule has 0 radical (unpaired) electrons. The van der Waals surface area contributed by atoms with Gasteiger partial charge in [-0.05, 0) is 18.9 Å². The van der Waals surface area contributed by atoms with Gasteiger partial charge < -0.3 is 15.7 Å². The van der Waals surface area contributed by atoms with Gasteiger partial charge in [0.15, 0.2) is 0 Å². The average Bonchev–Trinajstić information content (AvgIpc) is 2.32. The Balaban J connectivity index is 1.99. The number of benzene rings is 1. The fourth-order valence-corrected chi connectivity index (χ4v) is 2.17. The molecule has 0 saturated carbocycles. The Hall–Kier alpha value is -1.55. The Kier molecular flexibility index (Phi) is 3.64. The third kappa shape index (κ3) is 2.97. The second-order valence-electron chi connectivity index (χ2n) is 4.55. The molecular weight excluding hydrogens is 216 g/mol. The van der Waals surface area contributed by atoms with Crippen LogP contribution >= 0.6 is 0 Å². The number of nitrogens with zero attached hydrogens (tertiary/aromatic N) is 1. The highest BCUT2D eigenvalue weighted by Crippen LogP contribution is 2.18. The fourth-order valence-electron chi connectivity index (χ4n) is 2.17. The van der Waals surface area contributed by atoms with Gasteiger partial charge in [0.25, 0.3) is 0 Å². The number of hydrogen-bond donors (Lipinski definition) is 2. The molecule has 3 N–H and O–H groups in total. The van der Waals surface area contributed by atoms with Gasteiger partial charge in [0, 0.05) is 24.7 Å². The van der Waals surface area contributed by atoms with Crippen LogP contribution < -0.4 is 5.73 Å². The topological polar surface area (TPSA) is 66.6 Å². The summed E-state index contributed by atoms with van der Waals surface area (Å²) in [5.41, 5.74) is 6.52. The Morgan fingerprint density at radius 2 is 2.24 bits per heavy atom. The third-order valence-corrected chi connectivity index (χ3v) is 3.14. The first-order chi connectivity index (χ1) is 8.16. The minimum atomic E-state index is 0.0432. The van der Waals surface area contributed by atoms with Crippen LogP contribution in [0.2, 0.25) is 0 Å². The van der Waals surface area contributed by atoms with E-state index in [4.69, 9.17) is 5.73 Å². The molecule has 1 aliphatic heterocycles. The molecule has 92 valence electrons. The van der Waals surface area contributed by atoms with Crippen LogP contribution in [0.4, 0.5) is 0 Å². The fraction of sp³-hybridized carbons (Fsp3) is 0.462. The molecule has 1 aromatic rings. The monoisotopic (exact) mass is 234 g/mol. The van der Waals surface area contributed by atoms with E-state index in [0.717, 1.165) is 19.4 Å². The standard InChI is InChI=1S/C13H18N2O2/c14-11-5-3-7-15(9-11)13(17)8-10-4-1-2-6-12(10)16/h1-2,4,6,11,16H,3,5,7-9,14H2. The number of aromatic hydroxyl groups is 1. The lowest BCUT2D eigenvalue weighted by molar-refractivity contribution is -0.131. The number of hydrogen-bond acceptors (Lipinski definition) is 3. The lowest BCUT2D eigenvalue weighted by Gasteiger charge is -2.30. The summed E-state index contributed by atoms with van der Waals surface area (Å²) in [5.74, 6) is 0.226. The molecule has 1 amide bonds. The molecule has 1 aliphatic rings. The SMILES string of the molecule is NC1CCCN(C(=O)Cc2ccccc2O)C1. The number of amides is 1. The van der Waals surface area contributed by atoms with E-state index in [-0.39, 0.29) is 24.1 Å². The van der Waals surface area contributed by atoms with Crippen molar-refractivity contribution >= 4 is 5.91 Å². The second-order valence-corrected chi connectivity index (χ2v) is 4.55. The zero-order chi connectivity index (χ0) is 12.3. The van der Waals surface area contributed by atoms with E-state index in [1.54, 1.807) is 23.1 Å². The van der Waals surface area contributed by atoms with Crippen LogP contribution in [0.15, 0.2) is 24.3 Å². The summed E-state index contributed by atoms with van der Waals surface area (Å²) in [6, 6.07) is 7.04. The maximum Gasteiger partial charge on any atom is 0.227 e. The van der Waals surface area contributed by atoms with Gasteiger partial charge in [-0.1, -0.05) is 18.2 Å². The van der Waals surface area contributed by atoms with Crippen LogP contribution in [0.1, 0.15) is 18.4 Å². The first-order valence-corrected chi connectivity index (χ1v) is 5.97. The molecule has 17 heavy (non-hydrogen) atoms. The Morgan fingerprint density at radius 1 is 1.47 bits per heavy atom. The van der Waals surface area contributed by atoms with Crippen LogP contribution in [0.25, 0.3) is 0 Å². The molecule has 1 atom stereocenters. The van der Waals surface area contributed by atoms with Crippen LogP contribution in [0, 0.1) is 0 Å². The molecule has 0 aromatic heterocycles. The molecule has 1 saturated heterocycles. The number of carbonyl (C=O) groups excluding carboxylic acids is 1. The Morgan fingerprint density at radius 3 is 2.94 bits per heavy atom. The quantitative estimate of drug-likeness (QED) is 0.798. The van der Waals surface area contributed by atoms with Crippen molar-refractivity contribution in [3.63, 3.8) is 0 Å². The number of carbonyl (C=O) groups is 1. The highest BCUT2D eigenvalue weighted by atomic mass is 16.3. The average molecular weight is 234 g/mol. The van der Waals surface area contributed by atoms with Crippen LogP contribution in [0.5, 0.6) is 5.75 Å². The number of para-hydroxylation sites is 1. The van der Waals surface area contributed by atoms with E-state index in [1.807, 2.05) is 6.07 Å². The largest absolute Gasteiger partial charge is 0.508 e. The summed E-state index contributed by atoms with van der Waals surface area (Å²) in [7, 11) is 0. The molecule has 4 heteroatoms. The van der Waals surface area contributed by atoms with E-state index in [9.17, 15) is 9.90 Å². The van der Waals surface area contributed by atoms with E-state index in [1.165, 1.54) is 0 Å². The first kappa shape index (κ1) is 11.9. The molecule has 0 aliphatic carbocycles. The summed E-state index contributed by atoms with van der Waals surface area (Å²) < 4.78 is 0. The molecule has 2 rings (SSSR count). The van der Waals surface area contributed by atoms with Crippen molar-refractivity contribution in [1.82, 2.24) is 4.90 Å². The van der Waals surface area contributed by atoms with Crippen molar-refractivity contribution in [2.45, 2.75) is 25.3 Å². The highest BCUT2D eigenvalue weighted by Gasteiger charge is 2.21. The van der Waals surface area contributed by atoms with Gasteiger partial charge in [0.05, 0.1) is 6.42 Å².